The molecule has 3 N–H and O–H groups in total. The molecular formula is C19H19N3O2. The summed E-state index contributed by atoms with van der Waals surface area (Å²) in [7, 11) is 0. The number of nitriles is 1. The Hall–Kier alpha value is -3.13. The van der Waals surface area contributed by atoms with Gasteiger partial charge in [0.25, 0.3) is 5.91 Å². The molecule has 0 aliphatic heterocycles. The number of benzene rings is 2. The SMILES string of the molecule is C[C@@H](C#N)C[C@H](NC(=O)c1ccc(-c2ccccc2)cc1)C(N)=O. The van der Waals surface area contributed by atoms with Crippen LogP contribution in [0.1, 0.15) is 23.7 Å². The van der Waals surface area contributed by atoms with Crippen molar-refractivity contribution in [3.05, 3.63) is 60.2 Å². The van der Waals surface area contributed by atoms with Gasteiger partial charge >= 0.3 is 0 Å². The second-order valence-corrected chi connectivity index (χ2v) is 5.64. The van der Waals surface area contributed by atoms with Crippen LogP contribution >= 0.6 is 0 Å². The van der Waals surface area contributed by atoms with Crippen LogP contribution < -0.4 is 11.1 Å². The summed E-state index contributed by atoms with van der Waals surface area (Å²) in [5.74, 6) is -1.40. The highest BCUT2D eigenvalue weighted by Gasteiger charge is 2.21. The molecule has 0 unspecified atom stereocenters. The van der Waals surface area contributed by atoms with E-state index in [2.05, 4.69) is 5.32 Å². The van der Waals surface area contributed by atoms with Crippen LogP contribution in [0.3, 0.4) is 0 Å². The van der Waals surface area contributed by atoms with E-state index in [1.165, 1.54) is 0 Å². The van der Waals surface area contributed by atoms with Crippen LogP contribution in [0.5, 0.6) is 0 Å². The first-order chi connectivity index (χ1) is 11.5. The molecule has 0 saturated carbocycles. The van der Waals surface area contributed by atoms with Crippen LogP contribution in [0.25, 0.3) is 11.1 Å². The lowest BCUT2D eigenvalue weighted by atomic mass is 10.0. The lowest BCUT2D eigenvalue weighted by Gasteiger charge is -2.16. The summed E-state index contributed by atoms with van der Waals surface area (Å²) in [5.41, 5.74) is 7.79. The van der Waals surface area contributed by atoms with E-state index in [1.54, 1.807) is 19.1 Å². The first-order valence-corrected chi connectivity index (χ1v) is 7.66. The Morgan fingerprint density at radius 1 is 1.08 bits per heavy atom. The minimum atomic E-state index is -0.860. The number of rotatable bonds is 6. The molecule has 0 aliphatic carbocycles. The maximum absolute atomic E-state index is 12.3. The molecule has 0 radical (unpaired) electrons. The summed E-state index contributed by atoms with van der Waals surface area (Å²) in [6, 6.07) is 18.1. The third-order valence-electron chi connectivity index (χ3n) is 3.71. The van der Waals surface area contributed by atoms with E-state index in [0.717, 1.165) is 11.1 Å². The van der Waals surface area contributed by atoms with Crippen molar-refractivity contribution in [2.45, 2.75) is 19.4 Å². The zero-order chi connectivity index (χ0) is 17.5. The predicted molar refractivity (Wildman–Crippen MR) is 91.7 cm³/mol. The fourth-order valence-corrected chi connectivity index (χ4v) is 2.34. The number of amides is 2. The second-order valence-electron chi connectivity index (χ2n) is 5.64. The van der Waals surface area contributed by atoms with Crippen molar-refractivity contribution in [2.75, 3.05) is 0 Å². The number of primary amides is 1. The molecule has 2 aromatic rings. The molecule has 2 aromatic carbocycles. The van der Waals surface area contributed by atoms with Crippen LogP contribution in [-0.4, -0.2) is 17.9 Å². The Kier molecular flexibility index (Phi) is 5.69. The molecule has 0 fully saturated rings. The molecule has 0 aliphatic rings. The largest absolute Gasteiger partial charge is 0.368 e. The number of nitrogens with two attached hydrogens (primary N) is 1. The molecule has 24 heavy (non-hydrogen) atoms. The summed E-state index contributed by atoms with van der Waals surface area (Å²) in [6.45, 7) is 1.68. The molecular weight excluding hydrogens is 302 g/mol. The monoisotopic (exact) mass is 321 g/mol. The van der Waals surface area contributed by atoms with Gasteiger partial charge < -0.3 is 11.1 Å². The molecule has 5 nitrogen and oxygen atoms in total. The Labute approximate surface area is 141 Å². The van der Waals surface area contributed by atoms with Gasteiger partial charge in [-0.1, -0.05) is 42.5 Å². The van der Waals surface area contributed by atoms with Crippen LogP contribution in [0, 0.1) is 17.2 Å². The molecule has 0 spiro atoms. The number of hydrogen-bond acceptors (Lipinski definition) is 3. The van der Waals surface area contributed by atoms with Crippen molar-refractivity contribution < 1.29 is 9.59 Å². The van der Waals surface area contributed by atoms with Gasteiger partial charge in [0.15, 0.2) is 0 Å². The minimum Gasteiger partial charge on any atom is -0.368 e. The Balaban J connectivity index is 2.09. The molecule has 122 valence electrons. The van der Waals surface area contributed by atoms with E-state index in [4.69, 9.17) is 11.0 Å². The summed E-state index contributed by atoms with van der Waals surface area (Å²) in [6.07, 6.45) is 0.194. The summed E-state index contributed by atoms with van der Waals surface area (Å²) >= 11 is 0. The standard InChI is InChI=1S/C19H19N3O2/c1-13(12-20)11-17(18(21)23)22-19(24)16-9-7-15(8-10-16)14-5-3-2-4-6-14/h2-10,13,17H,11H2,1H3,(H2,21,23)(H,22,24)/t13-,17+/m1/s1. The fraction of sp³-hybridized carbons (Fsp3) is 0.211. The Bertz CT molecular complexity index is 748. The number of carbonyl (C=O) groups is 2. The molecule has 2 atom stereocenters. The number of nitrogens with one attached hydrogen (secondary N) is 1. The van der Waals surface area contributed by atoms with Crippen LogP contribution in [0.15, 0.2) is 54.6 Å². The smallest absolute Gasteiger partial charge is 0.251 e. The highest BCUT2D eigenvalue weighted by Crippen LogP contribution is 2.19. The topological polar surface area (TPSA) is 96.0 Å². The van der Waals surface area contributed by atoms with Gasteiger partial charge in [0, 0.05) is 11.5 Å². The minimum absolute atomic E-state index is 0.194. The van der Waals surface area contributed by atoms with Gasteiger partial charge in [-0.05, 0) is 36.6 Å². The van der Waals surface area contributed by atoms with Gasteiger partial charge in [-0.25, -0.2) is 0 Å². The third kappa shape index (κ3) is 4.43. The van der Waals surface area contributed by atoms with Gasteiger partial charge in [-0.15, -0.1) is 0 Å². The van der Waals surface area contributed by atoms with Crippen LogP contribution in [-0.2, 0) is 4.79 Å². The molecule has 0 heterocycles. The van der Waals surface area contributed by atoms with E-state index in [-0.39, 0.29) is 18.2 Å². The molecule has 2 rings (SSSR count). The van der Waals surface area contributed by atoms with E-state index in [9.17, 15) is 9.59 Å². The van der Waals surface area contributed by atoms with E-state index in [1.807, 2.05) is 48.5 Å². The maximum Gasteiger partial charge on any atom is 0.251 e. The number of hydrogen-bond donors (Lipinski definition) is 2. The van der Waals surface area contributed by atoms with Gasteiger partial charge in [-0.3, -0.25) is 9.59 Å². The maximum atomic E-state index is 12.3. The van der Waals surface area contributed by atoms with Crippen molar-refractivity contribution in [1.29, 1.82) is 5.26 Å². The average Bonchev–Trinajstić information content (AvgIpc) is 2.61. The lowest BCUT2D eigenvalue weighted by molar-refractivity contribution is -0.120. The van der Waals surface area contributed by atoms with Gasteiger partial charge in [0.2, 0.25) is 5.91 Å². The zero-order valence-corrected chi connectivity index (χ0v) is 13.4. The fourth-order valence-electron chi connectivity index (χ4n) is 2.34. The van der Waals surface area contributed by atoms with Gasteiger partial charge in [-0.2, -0.15) is 5.26 Å². The first-order valence-electron chi connectivity index (χ1n) is 7.66. The zero-order valence-electron chi connectivity index (χ0n) is 13.4. The van der Waals surface area contributed by atoms with Gasteiger partial charge in [0.1, 0.15) is 6.04 Å². The van der Waals surface area contributed by atoms with Crippen molar-refractivity contribution in [3.63, 3.8) is 0 Å². The van der Waals surface area contributed by atoms with E-state index >= 15 is 0 Å². The van der Waals surface area contributed by atoms with Crippen molar-refractivity contribution in [2.24, 2.45) is 11.7 Å². The second kappa shape index (κ2) is 7.93. The molecule has 0 bridgehead atoms. The van der Waals surface area contributed by atoms with E-state index in [0.29, 0.717) is 5.56 Å². The number of carbonyl (C=O) groups excluding carboxylic acids is 2. The van der Waals surface area contributed by atoms with Crippen molar-refractivity contribution in [1.82, 2.24) is 5.32 Å². The number of nitrogens with zero attached hydrogens (tertiary/aromatic N) is 1. The summed E-state index contributed by atoms with van der Waals surface area (Å²) in [5, 5.41) is 11.4. The van der Waals surface area contributed by atoms with E-state index < -0.39 is 11.9 Å². The summed E-state index contributed by atoms with van der Waals surface area (Å²) < 4.78 is 0. The highest BCUT2D eigenvalue weighted by molar-refractivity contribution is 5.97. The Morgan fingerprint density at radius 3 is 2.21 bits per heavy atom. The Morgan fingerprint density at radius 2 is 1.67 bits per heavy atom. The molecule has 0 saturated heterocycles. The quantitative estimate of drug-likeness (QED) is 0.855. The van der Waals surface area contributed by atoms with Crippen LogP contribution in [0.4, 0.5) is 0 Å². The average molecular weight is 321 g/mol. The van der Waals surface area contributed by atoms with Gasteiger partial charge in [0.05, 0.1) is 6.07 Å². The molecule has 2 amide bonds. The normalized spacial score (nSPS) is 12.7. The van der Waals surface area contributed by atoms with Crippen molar-refractivity contribution in [3.8, 4) is 17.2 Å². The summed E-state index contributed by atoms with van der Waals surface area (Å²) in [4.78, 5) is 23.7. The lowest BCUT2D eigenvalue weighted by Crippen LogP contribution is -2.45. The molecule has 0 aromatic heterocycles. The third-order valence-corrected chi connectivity index (χ3v) is 3.71. The highest BCUT2D eigenvalue weighted by atomic mass is 16.2. The predicted octanol–water partition coefficient (Wildman–Crippen LogP) is 2.49. The molecule has 5 heteroatoms. The van der Waals surface area contributed by atoms with Crippen molar-refractivity contribution >= 4 is 11.8 Å². The first kappa shape index (κ1) is 17.2. The van der Waals surface area contributed by atoms with Crippen LogP contribution in [0.2, 0.25) is 0 Å².